The molecule has 0 aromatic heterocycles. The topological polar surface area (TPSA) is 58.6 Å². The van der Waals surface area contributed by atoms with Crippen LogP contribution >= 0.6 is 0 Å². The van der Waals surface area contributed by atoms with Crippen molar-refractivity contribution in [3.63, 3.8) is 0 Å². The number of nitrogens with zero attached hydrogens (tertiary/aromatic N) is 1. The molecule has 162 valence electrons. The van der Waals surface area contributed by atoms with Gasteiger partial charge in [-0.1, -0.05) is 38.1 Å². The summed E-state index contributed by atoms with van der Waals surface area (Å²) < 4.78 is 18.5. The van der Waals surface area contributed by atoms with E-state index < -0.39 is 6.04 Å². The van der Waals surface area contributed by atoms with Crippen LogP contribution in [0, 0.1) is 5.82 Å². The molecule has 2 aromatic carbocycles. The normalized spacial score (nSPS) is 12.7. The molecule has 6 heteroatoms. The number of halogens is 1. The van der Waals surface area contributed by atoms with Crippen molar-refractivity contribution < 1.29 is 18.7 Å². The summed E-state index contributed by atoms with van der Waals surface area (Å²) in [7, 11) is 1.59. The summed E-state index contributed by atoms with van der Waals surface area (Å²) in [5, 5.41) is 2.99. The van der Waals surface area contributed by atoms with Crippen LogP contribution in [-0.2, 0) is 22.6 Å². The van der Waals surface area contributed by atoms with Gasteiger partial charge in [-0.2, -0.15) is 0 Å². The van der Waals surface area contributed by atoms with Gasteiger partial charge in [-0.15, -0.1) is 0 Å². The molecule has 0 unspecified atom stereocenters. The molecular formula is C24H31FN2O3. The molecule has 30 heavy (non-hydrogen) atoms. The van der Waals surface area contributed by atoms with Crippen LogP contribution in [0.1, 0.15) is 44.7 Å². The van der Waals surface area contributed by atoms with Crippen molar-refractivity contribution in [2.75, 3.05) is 7.11 Å². The lowest BCUT2D eigenvalue weighted by Crippen LogP contribution is -2.51. The Balaban J connectivity index is 2.30. The molecule has 2 atom stereocenters. The van der Waals surface area contributed by atoms with Gasteiger partial charge >= 0.3 is 0 Å². The molecule has 1 N–H and O–H groups in total. The van der Waals surface area contributed by atoms with E-state index in [0.717, 1.165) is 12.0 Å². The number of nitrogens with one attached hydrogen (secondary N) is 1. The monoisotopic (exact) mass is 414 g/mol. The maximum atomic E-state index is 13.2. The first-order valence-electron chi connectivity index (χ1n) is 10.3. The van der Waals surface area contributed by atoms with E-state index in [0.29, 0.717) is 17.7 Å². The first-order chi connectivity index (χ1) is 14.4. The lowest BCUT2D eigenvalue weighted by atomic mass is 10.1. The maximum Gasteiger partial charge on any atom is 0.243 e. The molecule has 0 aliphatic rings. The average Bonchev–Trinajstić information content (AvgIpc) is 2.75. The molecule has 0 saturated carbocycles. The second-order valence-corrected chi connectivity index (χ2v) is 7.42. The van der Waals surface area contributed by atoms with Gasteiger partial charge < -0.3 is 15.0 Å². The summed E-state index contributed by atoms with van der Waals surface area (Å²) in [6.07, 6.45) is 1.39. The largest absolute Gasteiger partial charge is 0.497 e. The number of rotatable bonds is 10. The van der Waals surface area contributed by atoms with Crippen LogP contribution < -0.4 is 10.1 Å². The Morgan fingerprint density at radius 2 is 1.77 bits per heavy atom. The summed E-state index contributed by atoms with van der Waals surface area (Å²) in [4.78, 5) is 27.8. The quantitative estimate of drug-likeness (QED) is 0.637. The molecule has 0 fully saturated rings. The zero-order valence-electron chi connectivity index (χ0n) is 18.2. The van der Waals surface area contributed by atoms with Crippen molar-refractivity contribution in [1.29, 1.82) is 0 Å². The molecule has 0 spiro atoms. The minimum atomic E-state index is -0.599. The molecule has 0 aliphatic carbocycles. The second kappa shape index (κ2) is 11.3. The molecule has 0 aliphatic heterocycles. The zero-order chi connectivity index (χ0) is 22.1. The fourth-order valence-electron chi connectivity index (χ4n) is 3.21. The van der Waals surface area contributed by atoms with E-state index in [2.05, 4.69) is 5.32 Å². The van der Waals surface area contributed by atoms with E-state index >= 15 is 0 Å². The summed E-state index contributed by atoms with van der Waals surface area (Å²) in [6, 6.07) is 12.7. The van der Waals surface area contributed by atoms with E-state index in [9.17, 15) is 14.0 Å². The van der Waals surface area contributed by atoms with Crippen LogP contribution in [-0.4, -0.2) is 35.9 Å². The number of methoxy groups -OCH3 is 1. The summed E-state index contributed by atoms with van der Waals surface area (Å²) >= 11 is 0. The second-order valence-electron chi connectivity index (χ2n) is 7.42. The van der Waals surface area contributed by atoms with Crippen LogP contribution in [0.25, 0.3) is 0 Å². The number of amides is 2. The molecule has 5 nitrogen and oxygen atoms in total. The minimum Gasteiger partial charge on any atom is -0.497 e. The van der Waals surface area contributed by atoms with E-state index in [1.807, 2.05) is 45.0 Å². The SMILES string of the molecule is CC[C@H](C)NC(=O)[C@H](CC)N(Cc1cccc(OC)c1)C(=O)Cc1ccc(F)cc1. The maximum absolute atomic E-state index is 13.2. The average molecular weight is 415 g/mol. The first-order valence-corrected chi connectivity index (χ1v) is 10.3. The predicted octanol–water partition coefficient (Wildman–Crippen LogP) is 4.10. The predicted molar refractivity (Wildman–Crippen MR) is 116 cm³/mol. The molecule has 2 aromatic rings. The van der Waals surface area contributed by atoms with Crippen LogP contribution in [0.15, 0.2) is 48.5 Å². The van der Waals surface area contributed by atoms with Crippen molar-refractivity contribution in [3.05, 3.63) is 65.5 Å². The highest BCUT2D eigenvalue weighted by molar-refractivity contribution is 5.88. The number of benzene rings is 2. The van der Waals surface area contributed by atoms with Gasteiger partial charge in [0.2, 0.25) is 11.8 Å². The smallest absolute Gasteiger partial charge is 0.243 e. The van der Waals surface area contributed by atoms with Crippen LogP contribution in [0.3, 0.4) is 0 Å². The Bertz CT molecular complexity index is 839. The van der Waals surface area contributed by atoms with Gasteiger partial charge in [0, 0.05) is 12.6 Å². The van der Waals surface area contributed by atoms with E-state index in [1.165, 1.54) is 12.1 Å². The molecule has 2 rings (SSSR count). The molecule has 0 saturated heterocycles. The van der Waals surface area contributed by atoms with Crippen LogP contribution in [0.5, 0.6) is 5.75 Å². The van der Waals surface area contributed by atoms with Gasteiger partial charge in [0.25, 0.3) is 0 Å². The lowest BCUT2D eigenvalue weighted by Gasteiger charge is -2.31. The Labute approximate surface area is 178 Å². The number of carbonyl (C=O) groups is 2. The number of hydrogen-bond acceptors (Lipinski definition) is 3. The lowest BCUT2D eigenvalue weighted by molar-refractivity contribution is -0.141. The molecular weight excluding hydrogens is 383 g/mol. The fourth-order valence-corrected chi connectivity index (χ4v) is 3.21. The van der Waals surface area contributed by atoms with Crippen molar-refractivity contribution in [2.24, 2.45) is 0 Å². The number of carbonyl (C=O) groups excluding carboxylic acids is 2. The van der Waals surface area contributed by atoms with E-state index in [4.69, 9.17) is 4.74 Å². The highest BCUT2D eigenvalue weighted by Gasteiger charge is 2.29. The van der Waals surface area contributed by atoms with Gasteiger partial charge in [0.1, 0.15) is 17.6 Å². The Morgan fingerprint density at radius 3 is 2.37 bits per heavy atom. The highest BCUT2D eigenvalue weighted by atomic mass is 19.1. The fraction of sp³-hybridized carbons (Fsp3) is 0.417. The van der Waals surface area contributed by atoms with Crippen molar-refractivity contribution in [3.8, 4) is 5.75 Å². The van der Waals surface area contributed by atoms with Crippen LogP contribution in [0.2, 0.25) is 0 Å². The molecule has 0 heterocycles. The third-order valence-corrected chi connectivity index (χ3v) is 5.14. The van der Waals surface area contributed by atoms with E-state index in [1.54, 1.807) is 24.1 Å². The molecule has 2 amide bonds. The third kappa shape index (κ3) is 6.58. The van der Waals surface area contributed by atoms with Crippen molar-refractivity contribution in [2.45, 2.75) is 58.7 Å². The molecule has 0 bridgehead atoms. The van der Waals surface area contributed by atoms with Gasteiger partial charge in [0.15, 0.2) is 0 Å². The number of hydrogen-bond donors (Lipinski definition) is 1. The van der Waals surface area contributed by atoms with E-state index in [-0.39, 0.29) is 36.6 Å². The molecule has 0 radical (unpaired) electrons. The first kappa shape index (κ1) is 23.4. The summed E-state index contributed by atoms with van der Waals surface area (Å²) in [6.45, 7) is 6.12. The zero-order valence-corrected chi connectivity index (χ0v) is 18.2. The summed E-state index contributed by atoms with van der Waals surface area (Å²) in [5.41, 5.74) is 1.57. The van der Waals surface area contributed by atoms with Crippen molar-refractivity contribution >= 4 is 11.8 Å². The number of ether oxygens (including phenoxy) is 1. The summed E-state index contributed by atoms with van der Waals surface area (Å²) in [5.74, 6) is -0.00729. The highest BCUT2D eigenvalue weighted by Crippen LogP contribution is 2.18. The Kier molecular flexibility index (Phi) is 8.84. The van der Waals surface area contributed by atoms with Crippen LogP contribution in [0.4, 0.5) is 4.39 Å². The van der Waals surface area contributed by atoms with Crippen molar-refractivity contribution in [1.82, 2.24) is 10.2 Å². The van der Waals surface area contributed by atoms with Gasteiger partial charge in [0.05, 0.1) is 13.5 Å². The standard InChI is InChI=1S/C24H31FN2O3/c1-5-17(3)26-24(29)22(6-2)27(16-19-8-7-9-21(14-19)30-4)23(28)15-18-10-12-20(25)13-11-18/h7-14,17,22H,5-6,15-16H2,1-4H3,(H,26,29)/t17-,22-/m0/s1. The van der Waals surface area contributed by atoms with Gasteiger partial charge in [-0.05, 0) is 55.2 Å². The Morgan fingerprint density at radius 1 is 1.07 bits per heavy atom. The third-order valence-electron chi connectivity index (χ3n) is 5.14. The van der Waals surface area contributed by atoms with Gasteiger partial charge in [-0.3, -0.25) is 9.59 Å². The van der Waals surface area contributed by atoms with Gasteiger partial charge in [-0.25, -0.2) is 4.39 Å². The Hall–Kier alpha value is -2.89. The minimum absolute atomic E-state index is 0.0254.